The molecule has 0 atom stereocenters. The number of fused-ring (bicyclic) bond motifs is 17. The lowest BCUT2D eigenvalue weighted by Gasteiger charge is -2.43. The number of aromatic nitrogens is 1. The molecule has 310 valence electrons. The summed E-state index contributed by atoms with van der Waals surface area (Å²) in [6, 6.07) is 45.8. The average molecular weight is 853 g/mol. The monoisotopic (exact) mass is 852 g/mol. The van der Waals surface area contributed by atoms with Gasteiger partial charge in [0, 0.05) is 73.7 Å². The van der Waals surface area contributed by atoms with Crippen molar-refractivity contribution >= 4 is 114 Å². The normalized spacial score (nSPS) is 16.5. The minimum absolute atomic E-state index is 0.0259. The molecule has 0 saturated heterocycles. The summed E-state index contributed by atoms with van der Waals surface area (Å²) in [5.74, 6) is 0. The fourth-order valence-electron chi connectivity index (χ4n) is 11.9. The van der Waals surface area contributed by atoms with Gasteiger partial charge in [-0.25, -0.2) is 0 Å². The molecule has 0 unspecified atom stereocenters. The van der Waals surface area contributed by atoms with Crippen LogP contribution in [0.15, 0.2) is 115 Å². The molecule has 0 saturated carbocycles. The standard InChI is InChI=1S/C58H53BN2S2/c1-55(2,3)32-19-22-34(23-20-32)61-45-29-37-35-15-11-13-17-46(35)62-48(37)30-39(45)49-50-36-16-12-14-18-47(36)63-54(50)51-38-28-40-41(58(9,10)26-25-57(40,7)8)31-44(38)60-43-24-21-33(56(4,5)6)27-42(43)59(61)52(49)53(51)60/h11-24,27-31H,25-26H2,1-10H3. The zero-order chi connectivity index (χ0) is 43.3. The van der Waals surface area contributed by atoms with E-state index in [0.717, 1.165) is 0 Å². The van der Waals surface area contributed by atoms with E-state index in [4.69, 9.17) is 0 Å². The van der Waals surface area contributed by atoms with Crippen molar-refractivity contribution in [3.8, 4) is 16.8 Å². The highest BCUT2D eigenvalue weighted by molar-refractivity contribution is 7.27. The fraction of sp³-hybridized carbons (Fsp3) is 0.276. The van der Waals surface area contributed by atoms with Gasteiger partial charge < -0.3 is 9.38 Å². The molecule has 0 fully saturated rings. The summed E-state index contributed by atoms with van der Waals surface area (Å²) >= 11 is 3.93. The van der Waals surface area contributed by atoms with E-state index in [1.165, 1.54) is 136 Å². The molecule has 13 rings (SSSR count). The van der Waals surface area contributed by atoms with Gasteiger partial charge in [-0.05, 0) is 128 Å². The molecule has 7 aromatic carbocycles. The van der Waals surface area contributed by atoms with Crippen LogP contribution in [-0.2, 0) is 21.7 Å². The van der Waals surface area contributed by atoms with Gasteiger partial charge in [0.1, 0.15) is 0 Å². The Labute approximate surface area is 379 Å². The number of nitrogens with zero attached hydrogens (tertiary/aromatic N) is 2. The predicted molar refractivity (Wildman–Crippen MR) is 278 cm³/mol. The second-order valence-electron chi connectivity index (χ2n) is 22.4. The maximum atomic E-state index is 2.75. The summed E-state index contributed by atoms with van der Waals surface area (Å²) in [4.78, 5) is 2.75. The Kier molecular flexibility index (Phi) is 7.42. The first-order chi connectivity index (χ1) is 30.0. The third kappa shape index (κ3) is 5.07. The molecular weight excluding hydrogens is 800 g/mol. The van der Waals surface area contributed by atoms with Crippen LogP contribution in [0.2, 0.25) is 0 Å². The molecule has 5 heterocycles. The lowest BCUT2D eigenvalue weighted by molar-refractivity contribution is 0.332. The van der Waals surface area contributed by atoms with Crippen molar-refractivity contribution in [1.29, 1.82) is 0 Å². The number of thiophene rings is 2. The van der Waals surface area contributed by atoms with Gasteiger partial charge in [-0.3, -0.25) is 0 Å². The van der Waals surface area contributed by atoms with Crippen LogP contribution in [0.1, 0.15) is 104 Å². The Balaban J connectivity index is 1.29. The number of rotatable bonds is 1. The minimum atomic E-state index is -0.0579. The molecule has 0 radical (unpaired) electrons. The van der Waals surface area contributed by atoms with Crippen molar-refractivity contribution in [2.75, 3.05) is 4.81 Å². The third-order valence-electron chi connectivity index (χ3n) is 15.5. The van der Waals surface area contributed by atoms with Gasteiger partial charge in [-0.1, -0.05) is 130 Å². The summed E-state index contributed by atoms with van der Waals surface area (Å²) in [5.41, 5.74) is 18.1. The molecule has 0 spiro atoms. The molecule has 1 aliphatic carbocycles. The first-order valence-electron chi connectivity index (χ1n) is 23.0. The maximum Gasteiger partial charge on any atom is 0.333 e. The van der Waals surface area contributed by atoms with Crippen molar-refractivity contribution in [2.45, 2.75) is 104 Å². The number of hydrogen-bond acceptors (Lipinski definition) is 3. The summed E-state index contributed by atoms with van der Waals surface area (Å²) in [5, 5.41) is 8.28. The topological polar surface area (TPSA) is 8.17 Å². The van der Waals surface area contributed by atoms with E-state index >= 15 is 0 Å². The van der Waals surface area contributed by atoms with Crippen LogP contribution < -0.4 is 15.7 Å². The fourth-order valence-corrected chi connectivity index (χ4v) is 14.3. The Bertz CT molecular complexity index is 3650. The average Bonchev–Trinajstić information content (AvgIpc) is 3.92. The predicted octanol–water partition coefficient (Wildman–Crippen LogP) is 15.7. The van der Waals surface area contributed by atoms with Crippen molar-refractivity contribution in [2.24, 2.45) is 0 Å². The highest BCUT2D eigenvalue weighted by Crippen LogP contribution is 2.56. The van der Waals surface area contributed by atoms with Crippen LogP contribution in [0, 0.1) is 0 Å². The molecule has 0 bridgehead atoms. The first-order valence-corrected chi connectivity index (χ1v) is 24.6. The van der Waals surface area contributed by atoms with Gasteiger partial charge in [0.2, 0.25) is 0 Å². The Morgan fingerprint density at radius 3 is 1.89 bits per heavy atom. The quantitative estimate of drug-likeness (QED) is 0.149. The lowest BCUT2D eigenvalue weighted by Crippen LogP contribution is -2.60. The summed E-state index contributed by atoms with van der Waals surface area (Å²) in [6.45, 7) is 23.9. The molecule has 0 amide bonds. The van der Waals surface area contributed by atoms with Crippen LogP contribution in [0.5, 0.6) is 0 Å². The Morgan fingerprint density at radius 2 is 1.19 bits per heavy atom. The number of benzene rings is 7. The van der Waals surface area contributed by atoms with Crippen molar-refractivity contribution in [1.82, 2.24) is 4.57 Å². The second kappa shape index (κ2) is 12.3. The van der Waals surface area contributed by atoms with E-state index in [9.17, 15) is 0 Å². The Morgan fingerprint density at radius 1 is 0.556 bits per heavy atom. The van der Waals surface area contributed by atoms with Gasteiger partial charge >= 0.3 is 6.85 Å². The zero-order valence-electron chi connectivity index (χ0n) is 38.2. The van der Waals surface area contributed by atoms with Crippen LogP contribution in [0.4, 0.5) is 11.4 Å². The lowest BCUT2D eigenvalue weighted by atomic mass is 9.43. The minimum Gasteiger partial charge on any atom is -0.376 e. The highest BCUT2D eigenvalue weighted by atomic mass is 32.1. The van der Waals surface area contributed by atoms with E-state index in [-0.39, 0.29) is 28.5 Å². The molecule has 63 heavy (non-hydrogen) atoms. The number of hydrogen-bond donors (Lipinski definition) is 0. The van der Waals surface area contributed by atoms with Crippen LogP contribution in [-0.4, -0.2) is 11.4 Å². The van der Waals surface area contributed by atoms with Crippen LogP contribution in [0.25, 0.3) is 79.0 Å². The van der Waals surface area contributed by atoms with Gasteiger partial charge in [-0.15, -0.1) is 22.7 Å². The first kappa shape index (κ1) is 38.1. The van der Waals surface area contributed by atoms with E-state index in [1.54, 1.807) is 0 Å². The molecule has 0 N–H and O–H groups in total. The van der Waals surface area contributed by atoms with Gasteiger partial charge in [0.25, 0.3) is 0 Å². The highest BCUT2D eigenvalue weighted by Gasteiger charge is 2.47. The third-order valence-corrected chi connectivity index (χ3v) is 17.9. The smallest absolute Gasteiger partial charge is 0.333 e. The summed E-state index contributed by atoms with van der Waals surface area (Å²) in [6.07, 6.45) is 2.38. The maximum absolute atomic E-state index is 2.75. The molecule has 2 aliphatic heterocycles. The largest absolute Gasteiger partial charge is 0.376 e. The van der Waals surface area contributed by atoms with E-state index < -0.39 is 0 Å². The van der Waals surface area contributed by atoms with Crippen molar-refractivity contribution in [3.63, 3.8) is 0 Å². The molecule has 3 aromatic heterocycles. The van der Waals surface area contributed by atoms with Crippen molar-refractivity contribution < 1.29 is 0 Å². The van der Waals surface area contributed by atoms with Crippen LogP contribution in [0.3, 0.4) is 0 Å². The van der Waals surface area contributed by atoms with Crippen LogP contribution >= 0.6 is 22.7 Å². The molecule has 10 aromatic rings. The summed E-state index contributed by atoms with van der Waals surface area (Å²) in [7, 11) is 0. The van der Waals surface area contributed by atoms with E-state index in [2.05, 4.69) is 194 Å². The molecular formula is C58H53BN2S2. The van der Waals surface area contributed by atoms with Gasteiger partial charge in [-0.2, -0.15) is 0 Å². The van der Waals surface area contributed by atoms with E-state index in [0.29, 0.717) is 0 Å². The summed E-state index contributed by atoms with van der Waals surface area (Å²) < 4.78 is 8.19. The van der Waals surface area contributed by atoms with E-state index in [1.807, 2.05) is 22.7 Å². The molecule has 2 nitrogen and oxygen atoms in total. The second-order valence-corrected chi connectivity index (χ2v) is 24.5. The molecule has 5 heteroatoms. The molecule has 3 aliphatic rings. The number of anilines is 2. The zero-order valence-corrected chi connectivity index (χ0v) is 39.8. The van der Waals surface area contributed by atoms with Gasteiger partial charge in [0.15, 0.2) is 0 Å². The SMILES string of the molecule is CC(C)(C)c1ccc(N2B3c4cc(C(C)(C)C)ccc4-n4c5cc6c(cc5c5c7sc8ccccc8c7c(c3c54)-c3cc4sc5ccccc5c4cc32)C(C)(C)CCC6(C)C)cc1. The van der Waals surface area contributed by atoms with Crippen molar-refractivity contribution in [3.05, 3.63) is 138 Å². The van der Waals surface area contributed by atoms with Gasteiger partial charge in [0.05, 0.1) is 11.0 Å². The Hall–Kier alpha value is -5.36.